The van der Waals surface area contributed by atoms with E-state index in [2.05, 4.69) is 30.7 Å². The van der Waals surface area contributed by atoms with Crippen molar-refractivity contribution < 1.29 is 9.53 Å². The first kappa shape index (κ1) is 21.5. The van der Waals surface area contributed by atoms with E-state index in [9.17, 15) is 4.79 Å². The minimum Gasteiger partial charge on any atom is -0.455 e. The summed E-state index contributed by atoms with van der Waals surface area (Å²) in [6.07, 6.45) is 4.57. The van der Waals surface area contributed by atoms with Gasteiger partial charge in [0, 0.05) is 28.5 Å². The van der Waals surface area contributed by atoms with Crippen LogP contribution in [-0.2, 0) is 0 Å². The lowest BCUT2D eigenvalue weighted by molar-refractivity contribution is 0.248. The van der Waals surface area contributed by atoms with E-state index in [1.165, 1.54) is 11.0 Å². The first-order chi connectivity index (χ1) is 15.5. The number of amides is 2. The Morgan fingerprint density at radius 2 is 1.75 bits per heavy atom. The van der Waals surface area contributed by atoms with E-state index in [1.54, 1.807) is 67.8 Å². The minimum absolute atomic E-state index is 0.352. The fourth-order valence-corrected chi connectivity index (χ4v) is 3.12. The van der Waals surface area contributed by atoms with E-state index in [0.29, 0.717) is 39.0 Å². The van der Waals surface area contributed by atoms with Crippen molar-refractivity contribution in [1.82, 2.24) is 30.0 Å². The van der Waals surface area contributed by atoms with Crippen molar-refractivity contribution in [3.8, 4) is 17.4 Å². The van der Waals surface area contributed by atoms with E-state index < -0.39 is 12.1 Å². The molecule has 0 radical (unpaired) electrons. The van der Waals surface area contributed by atoms with Gasteiger partial charge < -0.3 is 15.4 Å². The maximum absolute atomic E-state index is 12.7. The molecule has 11 heteroatoms. The molecule has 0 spiro atoms. The average Bonchev–Trinajstić information content (AvgIpc) is 3.28. The normalized spacial score (nSPS) is 11.6. The number of anilines is 1. The van der Waals surface area contributed by atoms with Gasteiger partial charge in [-0.25, -0.2) is 19.7 Å². The average molecular weight is 470 g/mol. The molecule has 4 aromatic rings. The lowest BCUT2D eigenvalue weighted by Gasteiger charge is -2.16. The van der Waals surface area contributed by atoms with Crippen molar-refractivity contribution >= 4 is 34.9 Å². The number of aromatic nitrogens is 5. The maximum Gasteiger partial charge on any atom is 0.319 e. The summed E-state index contributed by atoms with van der Waals surface area (Å²) >= 11 is 12.0. The molecule has 2 aromatic heterocycles. The van der Waals surface area contributed by atoms with E-state index >= 15 is 0 Å². The number of rotatable bonds is 6. The van der Waals surface area contributed by atoms with Gasteiger partial charge in [0.15, 0.2) is 11.6 Å². The maximum atomic E-state index is 12.7. The predicted octanol–water partition coefficient (Wildman–Crippen LogP) is 5.04. The molecule has 2 aromatic carbocycles. The predicted molar refractivity (Wildman–Crippen MR) is 120 cm³/mol. The van der Waals surface area contributed by atoms with Crippen LogP contribution < -0.4 is 15.4 Å². The molecule has 2 N–H and O–H groups in total. The zero-order valence-corrected chi connectivity index (χ0v) is 18.2. The van der Waals surface area contributed by atoms with Crippen LogP contribution in [0.2, 0.25) is 10.0 Å². The molecule has 9 nitrogen and oxygen atoms in total. The molecule has 4 rings (SSSR count). The standard InChI is InChI=1S/C21H17Cl2N7O2/c1-13(19-26-12-27-30(19)20-24-9-2-10-25-20)28-21(31)29-17-8-5-15(23)11-18(17)32-16-6-3-14(22)4-7-16/h2-13H,1H3,(H2,28,29,31). The summed E-state index contributed by atoms with van der Waals surface area (Å²) in [5, 5.41) is 10.8. The van der Waals surface area contributed by atoms with Crippen molar-refractivity contribution in [3.05, 3.63) is 83.1 Å². The van der Waals surface area contributed by atoms with Crippen LogP contribution in [0.25, 0.3) is 5.95 Å². The number of benzene rings is 2. The number of ether oxygens (including phenoxy) is 1. The molecule has 0 saturated carbocycles. The Morgan fingerprint density at radius 3 is 2.50 bits per heavy atom. The van der Waals surface area contributed by atoms with Crippen LogP contribution in [0.4, 0.5) is 10.5 Å². The Morgan fingerprint density at radius 1 is 1.03 bits per heavy atom. The molecule has 1 unspecified atom stereocenters. The molecule has 32 heavy (non-hydrogen) atoms. The summed E-state index contributed by atoms with van der Waals surface area (Å²) in [7, 11) is 0. The first-order valence-electron chi connectivity index (χ1n) is 9.47. The first-order valence-corrected chi connectivity index (χ1v) is 10.2. The third-order valence-electron chi connectivity index (χ3n) is 4.28. The lowest BCUT2D eigenvalue weighted by atomic mass is 10.2. The molecule has 0 saturated heterocycles. The van der Waals surface area contributed by atoms with E-state index in [-0.39, 0.29) is 0 Å². The SMILES string of the molecule is CC(NC(=O)Nc1ccc(Cl)cc1Oc1ccc(Cl)cc1)c1ncnn1-c1ncccn1. The van der Waals surface area contributed by atoms with Crippen molar-refractivity contribution in [2.24, 2.45) is 0 Å². The monoisotopic (exact) mass is 469 g/mol. The van der Waals surface area contributed by atoms with Crippen molar-refractivity contribution in [3.63, 3.8) is 0 Å². The number of hydrogen-bond acceptors (Lipinski definition) is 6. The van der Waals surface area contributed by atoms with Crippen LogP contribution in [0.3, 0.4) is 0 Å². The summed E-state index contributed by atoms with van der Waals surface area (Å²) in [5.74, 6) is 1.75. The summed E-state index contributed by atoms with van der Waals surface area (Å²) < 4.78 is 7.33. The largest absolute Gasteiger partial charge is 0.455 e. The number of nitrogens with one attached hydrogen (secondary N) is 2. The van der Waals surface area contributed by atoms with Crippen molar-refractivity contribution in [1.29, 1.82) is 0 Å². The zero-order valence-electron chi connectivity index (χ0n) is 16.7. The highest BCUT2D eigenvalue weighted by Crippen LogP contribution is 2.32. The third kappa shape index (κ3) is 5.13. The van der Waals surface area contributed by atoms with Crippen LogP contribution in [0, 0.1) is 0 Å². The van der Waals surface area contributed by atoms with Crippen molar-refractivity contribution in [2.45, 2.75) is 13.0 Å². The molecular weight excluding hydrogens is 453 g/mol. The topological polar surface area (TPSA) is 107 Å². The number of carbonyl (C=O) groups is 1. The van der Waals surface area contributed by atoms with Crippen LogP contribution in [0.1, 0.15) is 18.8 Å². The van der Waals surface area contributed by atoms with E-state index in [4.69, 9.17) is 27.9 Å². The van der Waals surface area contributed by atoms with Gasteiger partial charge in [0.25, 0.3) is 5.95 Å². The molecule has 2 amide bonds. The van der Waals surface area contributed by atoms with Crippen LogP contribution in [0.5, 0.6) is 11.5 Å². The van der Waals surface area contributed by atoms with Gasteiger partial charge >= 0.3 is 6.03 Å². The summed E-state index contributed by atoms with van der Waals surface area (Å²) in [5.41, 5.74) is 0.432. The quantitative estimate of drug-likeness (QED) is 0.409. The molecule has 2 heterocycles. The smallest absolute Gasteiger partial charge is 0.319 e. The van der Waals surface area contributed by atoms with Gasteiger partial charge in [0.05, 0.1) is 11.7 Å². The molecule has 162 valence electrons. The third-order valence-corrected chi connectivity index (χ3v) is 4.77. The van der Waals surface area contributed by atoms with Crippen LogP contribution in [-0.4, -0.2) is 30.8 Å². The molecule has 0 fully saturated rings. The Balaban J connectivity index is 1.48. The highest BCUT2D eigenvalue weighted by Gasteiger charge is 2.19. The second-order valence-electron chi connectivity index (χ2n) is 6.60. The lowest BCUT2D eigenvalue weighted by Crippen LogP contribution is -2.32. The van der Waals surface area contributed by atoms with Crippen LogP contribution in [0.15, 0.2) is 67.3 Å². The fraction of sp³-hybridized carbons (Fsp3) is 0.0952. The summed E-state index contributed by atoms with van der Waals surface area (Å²) in [4.78, 5) is 25.2. The number of nitrogens with zero attached hydrogens (tertiary/aromatic N) is 5. The van der Waals surface area contributed by atoms with Gasteiger partial charge in [-0.3, -0.25) is 0 Å². The Bertz CT molecular complexity index is 1220. The number of hydrogen-bond donors (Lipinski definition) is 2. The van der Waals surface area contributed by atoms with E-state index in [1.807, 2.05) is 0 Å². The van der Waals surface area contributed by atoms with Gasteiger partial charge in [-0.1, -0.05) is 23.2 Å². The Labute approximate surface area is 193 Å². The molecule has 0 bridgehead atoms. The molecule has 0 aliphatic rings. The second-order valence-corrected chi connectivity index (χ2v) is 7.47. The second kappa shape index (κ2) is 9.63. The number of halogens is 2. The van der Waals surface area contributed by atoms with Gasteiger partial charge in [0.2, 0.25) is 0 Å². The molecule has 1 atom stereocenters. The van der Waals surface area contributed by atoms with Gasteiger partial charge in [-0.15, -0.1) is 0 Å². The van der Waals surface area contributed by atoms with Crippen molar-refractivity contribution in [2.75, 3.05) is 5.32 Å². The van der Waals surface area contributed by atoms with Gasteiger partial charge in [-0.2, -0.15) is 9.78 Å². The molecular formula is C21H17Cl2N7O2. The Hall–Kier alpha value is -3.69. The highest BCUT2D eigenvalue weighted by molar-refractivity contribution is 6.31. The highest BCUT2D eigenvalue weighted by atomic mass is 35.5. The minimum atomic E-state index is -0.491. The zero-order chi connectivity index (χ0) is 22.5. The number of carbonyl (C=O) groups excluding carboxylic acids is 1. The molecule has 0 aliphatic heterocycles. The summed E-state index contributed by atoms with van der Waals surface area (Å²) in [6, 6.07) is 12.5. The number of urea groups is 1. The Kier molecular flexibility index (Phi) is 6.48. The fourth-order valence-electron chi connectivity index (χ4n) is 2.83. The molecule has 0 aliphatic carbocycles. The van der Waals surface area contributed by atoms with Gasteiger partial charge in [-0.05, 0) is 49.4 Å². The van der Waals surface area contributed by atoms with E-state index in [0.717, 1.165) is 0 Å². The summed E-state index contributed by atoms with van der Waals surface area (Å²) in [6.45, 7) is 1.77. The van der Waals surface area contributed by atoms with Gasteiger partial charge in [0.1, 0.15) is 12.1 Å². The van der Waals surface area contributed by atoms with Crippen LogP contribution >= 0.6 is 23.2 Å².